The van der Waals surface area contributed by atoms with Gasteiger partial charge in [0.25, 0.3) is 5.56 Å². The summed E-state index contributed by atoms with van der Waals surface area (Å²) in [5.74, 6) is -3.31. The Balaban J connectivity index is 1.85. The highest BCUT2D eigenvalue weighted by atomic mass is 31.2. The normalized spacial score (nSPS) is 28.2. The van der Waals surface area contributed by atoms with Crippen LogP contribution in [0.3, 0.4) is 0 Å². The molecular formula is C14H19N4O9P. The van der Waals surface area contributed by atoms with Gasteiger partial charge in [-0.05, 0) is 6.42 Å². The average Bonchev–Trinajstić information content (AvgIpc) is 3.17. The maximum absolute atomic E-state index is 12.2. The van der Waals surface area contributed by atoms with Crippen LogP contribution in [-0.2, 0) is 18.6 Å². The number of nitrogens with zero attached hydrogens (tertiary/aromatic N) is 3. The van der Waals surface area contributed by atoms with Crippen LogP contribution >= 0.6 is 7.60 Å². The minimum Gasteiger partial charge on any atom is -0.390 e. The molecule has 1 fully saturated rings. The van der Waals surface area contributed by atoms with Crippen molar-refractivity contribution in [1.29, 1.82) is 0 Å². The number of hydrogen-bond donors (Lipinski definition) is 5. The van der Waals surface area contributed by atoms with Crippen LogP contribution in [-0.4, -0.2) is 69.9 Å². The fourth-order valence-corrected chi connectivity index (χ4v) is 3.96. The molecule has 5 N–H and O–H groups in total. The number of H-pyrrole nitrogens is 1. The lowest BCUT2D eigenvalue weighted by Crippen LogP contribution is -2.39. The Morgan fingerprint density at radius 2 is 2.14 bits per heavy atom. The van der Waals surface area contributed by atoms with Crippen LogP contribution in [0.5, 0.6) is 0 Å². The Kier molecular flexibility index (Phi) is 5.66. The smallest absolute Gasteiger partial charge is 0.390 e. The summed E-state index contributed by atoms with van der Waals surface area (Å²) in [5.41, 5.74) is -0.578. The number of imidazole rings is 1. The highest BCUT2D eigenvalue weighted by Crippen LogP contribution is 2.51. The van der Waals surface area contributed by atoms with Gasteiger partial charge in [-0.1, -0.05) is 6.92 Å². The van der Waals surface area contributed by atoms with Crippen molar-refractivity contribution in [3.8, 4) is 0 Å². The number of ether oxygens (including phenoxy) is 1. The summed E-state index contributed by atoms with van der Waals surface area (Å²) in [6.45, 7) is 1.65. The van der Waals surface area contributed by atoms with Gasteiger partial charge in [-0.25, -0.2) is 14.5 Å². The predicted molar refractivity (Wildman–Crippen MR) is 90.9 cm³/mol. The number of aromatic nitrogens is 4. The second kappa shape index (κ2) is 7.70. The fraction of sp³-hybridized carbons (Fsp3) is 0.571. The first-order valence-electron chi connectivity index (χ1n) is 8.32. The van der Waals surface area contributed by atoms with Crippen molar-refractivity contribution in [2.75, 3.05) is 0 Å². The molecule has 2 aromatic rings. The number of nitrogens with one attached hydrogen (secondary N) is 1. The van der Waals surface area contributed by atoms with Gasteiger partial charge in [0.2, 0.25) is 0 Å². The molecule has 0 bridgehead atoms. The average molecular weight is 418 g/mol. The third-order valence-electron chi connectivity index (χ3n) is 4.23. The second-order valence-electron chi connectivity index (χ2n) is 6.22. The van der Waals surface area contributed by atoms with Crippen LogP contribution in [0.25, 0.3) is 11.2 Å². The Morgan fingerprint density at radius 1 is 1.43 bits per heavy atom. The molecule has 2 unspecified atom stereocenters. The van der Waals surface area contributed by atoms with Crippen LogP contribution in [0.2, 0.25) is 0 Å². The van der Waals surface area contributed by atoms with Gasteiger partial charge in [0, 0.05) is 6.42 Å². The SMILES string of the molecule is CCCC(=O)OP(=O)(O)C(O)[C@H]1O[C@@H](n2cnc3c(=O)[nH]cnc32)[C@H](O)[C@@H]1O. The molecule has 1 saturated heterocycles. The topological polar surface area (TPSA) is 197 Å². The molecule has 13 nitrogen and oxygen atoms in total. The number of aliphatic hydroxyl groups is 3. The van der Waals surface area contributed by atoms with E-state index in [1.807, 2.05) is 0 Å². The monoisotopic (exact) mass is 418 g/mol. The number of aliphatic hydroxyl groups excluding tert-OH is 3. The number of rotatable bonds is 6. The van der Waals surface area contributed by atoms with Crippen molar-refractivity contribution in [2.45, 2.75) is 50.2 Å². The Bertz CT molecular complexity index is 975. The van der Waals surface area contributed by atoms with E-state index in [1.54, 1.807) is 6.92 Å². The van der Waals surface area contributed by atoms with E-state index in [2.05, 4.69) is 19.5 Å². The first-order chi connectivity index (χ1) is 13.2. The summed E-state index contributed by atoms with van der Waals surface area (Å²) in [4.78, 5) is 43.2. The van der Waals surface area contributed by atoms with Crippen LogP contribution < -0.4 is 5.56 Å². The summed E-state index contributed by atoms with van der Waals surface area (Å²) in [6, 6.07) is 0. The molecule has 28 heavy (non-hydrogen) atoms. The molecule has 0 aliphatic carbocycles. The maximum atomic E-state index is 12.2. The van der Waals surface area contributed by atoms with E-state index < -0.39 is 49.5 Å². The van der Waals surface area contributed by atoms with Crippen LogP contribution in [0.4, 0.5) is 0 Å². The predicted octanol–water partition coefficient (Wildman–Crippen LogP) is -1.41. The molecule has 6 atom stereocenters. The number of aromatic amines is 1. The Hall–Kier alpha value is -2.15. The highest BCUT2D eigenvalue weighted by Gasteiger charge is 2.53. The molecule has 0 amide bonds. The quantitative estimate of drug-likeness (QED) is 0.345. The largest absolute Gasteiger partial charge is 0.409 e. The molecule has 14 heteroatoms. The van der Waals surface area contributed by atoms with Gasteiger partial charge < -0.3 is 34.5 Å². The van der Waals surface area contributed by atoms with E-state index in [0.29, 0.717) is 6.42 Å². The first-order valence-corrected chi connectivity index (χ1v) is 9.96. The summed E-state index contributed by atoms with van der Waals surface area (Å²) < 4.78 is 23.1. The second-order valence-corrected chi connectivity index (χ2v) is 8.06. The third-order valence-corrected chi connectivity index (χ3v) is 5.66. The number of hydrogen-bond acceptors (Lipinski definition) is 10. The van der Waals surface area contributed by atoms with Crippen molar-refractivity contribution in [3.63, 3.8) is 0 Å². The molecule has 3 heterocycles. The summed E-state index contributed by atoms with van der Waals surface area (Å²) >= 11 is 0. The van der Waals surface area contributed by atoms with E-state index >= 15 is 0 Å². The molecular weight excluding hydrogens is 399 g/mol. The zero-order valence-electron chi connectivity index (χ0n) is 14.6. The fourth-order valence-electron chi connectivity index (χ4n) is 2.85. The van der Waals surface area contributed by atoms with Crippen molar-refractivity contribution >= 4 is 24.7 Å². The molecule has 1 aliphatic heterocycles. The Morgan fingerprint density at radius 3 is 2.82 bits per heavy atom. The highest BCUT2D eigenvalue weighted by molar-refractivity contribution is 7.54. The molecule has 0 aromatic carbocycles. The zero-order valence-corrected chi connectivity index (χ0v) is 15.5. The number of carbonyl (C=O) groups excluding carboxylic acids is 1. The molecule has 154 valence electrons. The van der Waals surface area contributed by atoms with Crippen molar-refractivity contribution in [2.24, 2.45) is 0 Å². The van der Waals surface area contributed by atoms with Gasteiger partial charge in [0.1, 0.15) is 18.3 Å². The van der Waals surface area contributed by atoms with E-state index in [1.165, 1.54) is 0 Å². The third kappa shape index (κ3) is 3.60. The molecule has 2 aromatic heterocycles. The van der Waals surface area contributed by atoms with Crippen molar-refractivity contribution in [1.82, 2.24) is 19.5 Å². The van der Waals surface area contributed by atoms with Crippen LogP contribution in [0.1, 0.15) is 26.0 Å². The van der Waals surface area contributed by atoms with Crippen molar-refractivity contribution < 1.29 is 38.8 Å². The lowest BCUT2D eigenvalue weighted by atomic mass is 10.1. The first kappa shape index (κ1) is 20.6. The van der Waals surface area contributed by atoms with Gasteiger partial charge in [-0.2, -0.15) is 0 Å². The van der Waals surface area contributed by atoms with E-state index in [0.717, 1.165) is 17.2 Å². The van der Waals surface area contributed by atoms with Crippen molar-refractivity contribution in [3.05, 3.63) is 23.0 Å². The molecule has 0 radical (unpaired) electrons. The maximum Gasteiger partial charge on any atom is 0.409 e. The van der Waals surface area contributed by atoms with Gasteiger partial charge in [0.05, 0.1) is 12.7 Å². The minimum absolute atomic E-state index is 0.0247. The van der Waals surface area contributed by atoms with Crippen LogP contribution in [0.15, 0.2) is 17.4 Å². The lowest BCUT2D eigenvalue weighted by molar-refractivity contribution is -0.136. The molecule has 1 aliphatic rings. The molecule has 0 spiro atoms. The van der Waals surface area contributed by atoms with Gasteiger partial charge in [-0.15, -0.1) is 0 Å². The molecule has 3 rings (SSSR count). The zero-order chi connectivity index (χ0) is 20.6. The van der Waals surface area contributed by atoms with Gasteiger partial charge >= 0.3 is 13.6 Å². The standard InChI is InChI=1S/C14H19N4O9P/c1-2-3-6(19)27-28(24,25)14(23)10-8(20)9(21)13(26-10)18-5-17-7-11(18)15-4-16-12(7)22/h4-5,8-10,13-14,20-21,23H,2-3H2,1H3,(H,24,25)(H,15,16,22)/t8-,9+,10-,13+,14?/m0/s1. The number of fused-ring (bicyclic) bond motifs is 1. The van der Waals surface area contributed by atoms with E-state index in [4.69, 9.17) is 4.74 Å². The molecule has 0 saturated carbocycles. The van der Waals surface area contributed by atoms with E-state index in [-0.39, 0.29) is 17.6 Å². The Labute approximate surface area is 157 Å². The van der Waals surface area contributed by atoms with Crippen LogP contribution in [0, 0.1) is 0 Å². The summed E-state index contributed by atoms with van der Waals surface area (Å²) in [6.07, 6.45) is -4.15. The minimum atomic E-state index is -4.93. The summed E-state index contributed by atoms with van der Waals surface area (Å²) in [7, 11) is -4.93. The van der Waals surface area contributed by atoms with Gasteiger partial charge in [0.15, 0.2) is 23.2 Å². The van der Waals surface area contributed by atoms with E-state index in [9.17, 15) is 34.4 Å². The lowest BCUT2D eigenvalue weighted by Gasteiger charge is -2.24. The van der Waals surface area contributed by atoms with Gasteiger partial charge in [-0.3, -0.25) is 14.2 Å². The summed E-state index contributed by atoms with van der Waals surface area (Å²) in [5, 5.41) is 30.6. The number of carbonyl (C=O) groups is 1.